The van der Waals surface area contributed by atoms with E-state index in [1.165, 1.54) is 7.11 Å². The number of benzene rings is 1. The van der Waals surface area contributed by atoms with E-state index in [1.807, 2.05) is 31.2 Å². The number of hydrogen-bond donors (Lipinski definition) is 2. The molecule has 100 valence electrons. The van der Waals surface area contributed by atoms with Crippen LogP contribution in [0.5, 0.6) is 5.75 Å². The summed E-state index contributed by atoms with van der Waals surface area (Å²) in [5.74, 6) is 0.530. The minimum absolute atomic E-state index is 0.129. The number of nitrogens with one attached hydrogen (secondary N) is 1. The zero-order valence-corrected chi connectivity index (χ0v) is 11.0. The molecule has 0 radical (unpaired) electrons. The molecule has 3 N–H and O–H groups in total. The van der Waals surface area contributed by atoms with E-state index >= 15 is 0 Å². The maximum absolute atomic E-state index is 11.7. The van der Waals surface area contributed by atoms with E-state index in [1.54, 1.807) is 7.11 Å². The lowest BCUT2D eigenvalue weighted by atomic mass is 10.1. The number of carbonyl (C=O) groups excluding carboxylic acids is 1. The van der Waals surface area contributed by atoms with Crippen LogP contribution in [0.1, 0.15) is 18.5 Å². The average molecular weight is 252 g/mol. The predicted octanol–water partition coefficient (Wildman–Crippen LogP) is 0.846. The van der Waals surface area contributed by atoms with Gasteiger partial charge >= 0.3 is 0 Å². The van der Waals surface area contributed by atoms with E-state index in [9.17, 15) is 4.79 Å². The molecule has 0 saturated carbocycles. The van der Waals surface area contributed by atoms with Gasteiger partial charge in [-0.2, -0.15) is 0 Å². The van der Waals surface area contributed by atoms with Crippen LogP contribution in [0, 0.1) is 0 Å². The zero-order chi connectivity index (χ0) is 13.5. The third-order valence-electron chi connectivity index (χ3n) is 2.64. The van der Waals surface area contributed by atoms with Gasteiger partial charge in [-0.3, -0.25) is 4.79 Å². The topological polar surface area (TPSA) is 73.6 Å². The predicted molar refractivity (Wildman–Crippen MR) is 69.4 cm³/mol. The lowest BCUT2D eigenvalue weighted by Gasteiger charge is -2.18. The third kappa shape index (κ3) is 4.01. The van der Waals surface area contributed by atoms with Crippen molar-refractivity contribution in [3.63, 3.8) is 0 Å². The summed E-state index contributed by atoms with van der Waals surface area (Å²) in [6.45, 7) is 2.10. The van der Waals surface area contributed by atoms with Crippen molar-refractivity contribution in [1.29, 1.82) is 0 Å². The van der Waals surface area contributed by atoms with Gasteiger partial charge in [0.2, 0.25) is 5.91 Å². The van der Waals surface area contributed by atoms with Crippen molar-refractivity contribution in [2.75, 3.05) is 20.8 Å². The Kier molecular flexibility index (Phi) is 5.61. The SMILES string of the molecule is COCC(N)C(=O)N[C@H](C)c1cccc(OC)c1. The van der Waals surface area contributed by atoms with Crippen LogP contribution in [0.15, 0.2) is 24.3 Å². The first-order valence-electron chi connectivity index (χ1n) is 5.77. The quantitative estimate of drug-likeness (QED) is 0.787. The third-order valence-corrected chi connectivity index (χ3v) is 2.64. The van der Waals surface area contributed by atoms with Gasteiger partial charge in [0.15, 0.2) is 0 Å². The van der Waals surface area contributed by atoms with Crippen molar-refractivity contribution in [2.24, 2.45) is 5.73 Å². The van der Waals surface area contributed by atoms with Gasteiger partial charge in [-0.05, 0) is 24.6 Å². The Labute approximate surface area is 107 Å². The van der Waals surface area contributed by atoms with Gasteiger partial charge in [0.1, 0.15) is 11.8 Å². The fourth-order valence-electron chi connectivity index (χ4n) is 1.57. The van der Waals surface area contributed by atoms with Crippen LogP contribution in [-0.2, 0) is 9.53 Å². The second-order valence-electron chi connectivity index (χ2n) is 4.07. The molecule has 0 spiro atoms. The van der Waals surface area contributed by atoms with Gasteiger partial charge in [0.05, 0.1) is 19.8 Å². The molecule has 0 saturated heterocycles. The molecule has 0 aromatic heterocycles. The first-order chi connectivity index (χ1) is 8.58. The molecule has 1 rings (SSSR count). The van der Waals surface area contributed by atoms with Gasteiger partial charge in [-0.1, -0.05) is 12.1 Å². The van der Waals surface area contributed by atoms with Crippen LogP contribution >= 0.6 is 0 Å². The summed E-state index contributed by atoms with van der Waals surface area (Å²) in [6, 6.07) is 6.77. The zero-order valence-electron chi connectivity index (χ0n) is 11.0. The molecule has 1 aromatic rings. The Morgan fingerprint density at radius 3 is 2.78 bits per heavy atom. The Bertz CT molecular complexity index is 396. The number of carbonyl (C=O) groups is 1. The number of hydrogen-bond acceptors (Lipinski definition) is 4. The molecule has 0 bridgehead atoms. The first kappa shape index (κ1) is 14.5. The number of rotatable bonds is 6. The molecule has 5 heteroatoms. The summed E-state index contributed by atoms with van der Waals surface area (Å²) in [6.07, 6.45) is 0. The maximum atomic E-state index is 11.7. The highest BCUT2D eigenvalue weighted by atomic mass is 16.5. The molecule has 0 fully saturated rings. The van der Waals surface area contributed by atoms with Crippen LogP contribution in [0.4, 0.5) is 0 Å². The number of amides is 1. The summed E-state index contributed by atoms with van der Waals surface area (Å²) in [7, 11) is 3.12. The van der Waals surface area contributed by atoms with Crippen LogP contribution in [-0.4, -0.2) is 32.8 Å². The van der Waals surface area contributed by atoms with E-state index in [0.717, 1.165) is 11.3 Å². The van der Waals surface area contributed by atoms with Gasteiger partial charge in [-0.15, -0.1) is 0 Å². The highest BCUT2D eigenvalue weighted by Crippen LogP contribution is 2.18. The lowest BCUT2D eigenvalue weighted by Crippen LogP contribution is -2.44. The highest BCUT2D eigenvalue weighted by molar-refractivity contribution is 5.82. The summed E-state index contributed by atoms with van der Waals surface area (Å²) in [4.78, 5) is 11.7. The van der Waals surface area contributed by atoms with E-state index in [0.29, 0.717) is 0 Å². The second kappa shape index (κ2) is 6.98. The number of ether oxygens (including phenoxy) is 2. The Hall–Kier alpha value is -1.59. The molecule has 0 aliphatic heterocycles. The van der Waals surface area contributed by atoms with Crippen molar-refractivity contribution in [1.82, 2.24) is 5.32 Å². The fraction of sp³-hybridized carbons (Fsp3) is 0.462. The Morgan fingerprint density at radius 1 is 1.44 bits per heavy atom. The van der Waals surface area contributed by atoms with E-state index in [-0.39, 0.29) is 18.6 Å². The molecule has 18 heavy (non-hydrogen) atoms. The van der Waals surface area contributed by atoms with Gasteiger partial charge in [-0.25, -0.2) is 0 Å². The maximum Gasteiger partial charge on any atom is 0.239 e. The van der Waals surface area contributed by atoms with Crippen LogP contribution in [0.25, 0.3) is 0 Å². The smallest absolute Gasteiger partial charge is 0.239 e. The molecule has 0 aliphatic rings. The van der Waals surface area contributed by atoms with Crippen molar-refractivity contribution < 1.29 is 14.3 Å². The van der Waals surface area contributed by atoms with Crippen molar-refractivity contribution >= 4 is 5.91 Å². The molecule has 1 aromatic carbocycles. The Balaban J connectivity index is 2.64. The Morgan fingerprint density at radius 2 is 2.17 bits per heavy atom. The molecule has 0 aliphatic carbocycles. The van der Waals surface area contributed by atoms with E-state index in [2.05, 4.69) is 5.32 Å². The van der Waals surface area contributed by atoms with Crippen molar-refractivity contribution in [3.05, 3.63) is 29.8 Å². The van der Waals surface area contributed by atoms with Crippen molar-refractivity contribution in [3.8, 4) is 5.75 Å². The monoisotopic (exact) mass is 252 g/mol. The standard InChI is InChI=1S/C13H20N2O3/c1-9(15-13(16)12(14)8-17-2)10-5-4-6-11(7-10)18-3/h4-7,9,12H,8,14H2,1-3H3,(H,15,16)/t9-,12?/m1/s1. The van der Waals surface area contributed by atoms with E-state index in [4.69, 9.17) is 15.2 Å². The van der Waals surface area contributed by atoms with Crippen molar-refractivity contribution in [2.45, 2.75) is 19.0 Å². The summed E-state index contributed by atoms with van der Waals surface area (Å²) in [5, 5.41) is 2.83. The normalized spacial score (nSPS) is 13.8. The second-order valence-corrected chi connectivity index (χ2v) is 4.07. The molecule has 1 amide bonds. The summed E-state index contributed by atoms with van der Waals surface area (Å²) >= 11 is 0. The fourth-order valence-corrected chi connectivity index (χ4v) is 1.57. The molecule has 2 atom stereocenters. The largest absolute Gasteiger partial charge is 0.497 e. The molecule has 0 heterocycles. The molecule has 5 nitrogen and oxygen atoms in total. The first-order valence-corrected chi connectivity index (χ1v) is 5.77. The van der Waals surface area contributed by atoms with Gasteiger partial charge in [0, 0.05) is 7.11 Å². The molecule has 1 unspecified atom stereocenters. The molecular formula is C13H20N2O3. The van der Waals surface area contributed by atoms with Gasteiger partial charge < -0.3 is 20.5 Å². The minimum atomic E-state index is -0.650. The number of methoxy groups -OCH3 is 2. The van der Waals surface area contributed by atoms with E-state index < -0.39 is 6.04 Å². The summed E-state index contributed by atoms with van der Waals surface area (Å²) in [5.41, 5.74) is 6.61. The highest BCUT2D eigenvalue weighted by Gasteiger charge is 2.16. The van der Waals surface area contributed by atoms with Gasteiger partial charge in [0.25, 0.3) is 0 Å². The number of nitrogens with two attached hydrogens (primary N) is 1. The minimum Gasteiger partial charge on any atom is -0.497 e. The summed E-state index contributed by atoms with van der Waals surface area (Å²) < 4.78 is 9.98. The lowest BCUT2D eigenvalue weighted by molar-refractivity contribution is -0.124. The molecular weight excluding hydrogens is 232 g/mol. The van der Waals surface area contributed by atoms with Crippen LogP contribution in [0.3, 0.4) is 0 Å². The average Bonchev–Trinajstić information content (AvgIpc) is 2.39. The van der Waals surface area contributed by atoms with Crippen LogP contribution < -0.4 is 15.8 Å². The van der Waals surface area contributed by atoms with Crippen LogP contribution in [0.2, 0.25) is 0 Å².